The minimum atomic E-state index is -0.979. The second-order valence-electron chi connectivity index (χ2n) is 5.34. The Labute approximate surface area is 109 Å². The van der Waals surface area contributed by atoms with Crippen molar-refractivity contribution >= 4 is 5.91 Å². The first-order valence-electron chi connectivity index (χ1n) is 6.20. The smallest absolute Gasteiger partial charge is 0.237 e. The zero-order valence-electron chi connectivity index (χ0n) is 11.7. The molecule has 1 rings (SSSR count). The van der Waals surface area contributed by atoms with Crippen LogP contribution in [0.25, 0.3) is 0 Å². The number of likely N-dealkylation sites (tertiary alicyclic amines) is 1. The minimum absolute atomic E-state index is 0.0649. The van der Waals surface area contributed by atoms with Crippen LogP contribution in [0.1, 0.15) is 20.3 Å². The van der Waals surface area contributed by atoms with E-state index < -0.39 is 11.4 Å². The summed E-state index contributed by atoms with van der Waals surface area (Å²) in [6.07, 6.45) is 0.653. The summed E-state index contributed by atoms with van der Waals surface area (Å²) in [4.78, 5) is 13.5. The molecule has 6 nitrogen and oxygen atoms in total. The summed E-state index contributed by atoms with van der Waals surface area (Å²) in [5.74, 6) is -0.472. The number of ether oxygens (including phenoxy) is 2. The van der Waals surface area contributed by atoms with E-state index in [0.717, 1.165) is 13.1 Å². The van der Waals surface area contributed by atoms with E-state index in [-0.39, 0.29) is 18.2 Å². The van der Waals surface area contributed by atoms with E-state index in [4.69, 9.17) is 20.9 Å². The van der Waals surface area contributed by atoms with Crippen LogP contribution >= 0.6 is 0 Å². The third kappa shape index (κ3) is 3.41. The van der Waals surface area contributed by atoms with Crippen molar-refractivity contribution in [2.75, 3.05) is 27.3 Å². The number of primary amides is 1. The molecule has 4 atom stereocenters. The Morgan fingerprint density at radius 2 is 1.83 bits per heavy atom. The molecule has 0 radical (unpaired) electrons. The van der Waals surface area contributed by atoms with E-state index in [0.29, 0.717) is 6.42 Å². The van der Waals surface area contributed by atoms with Crippen LogP contribution in [0.3, 0.4) is 0 Å². The predicted octanol–water partition coefficient (Wildman–Crippen LogP) is -0.687. The number of nitrogens with two attached hydrogens (primary N) is 2. The van der Waals surface area contributed by atoms with Crippen molar-refractivity contribution in [1.29, 1.82) is 0 Å². The molecular weight excluding hydrogens is 234 g/mol. The van der Waals surface area contributed by atoms with Crippen molar-refractivity contribution in [2.45, 2.75) is 44.1 Å². The van der Waals surface area contributed by atoms with E-state index in [1.54, 1.807) is 21.1 Å². The fourth-order valence-corrected chi connectivity index (χ4v) is 2.43. The molecule has 4 N–H and O–H groups in total. The lowest BCUT2D eigenvalue weighted by molar-refractivity contribution is -0.123. The largest absolute Gasteiger partial charge is 0.377 e. The number of carbonyl (C=O) groups is 1. The van der Waals surface area contributed by atoms with Gasteiger partial charge in [-0.1, -0.05) is 0 Å². The van der Waals surface area contributed by atoms with Gasteiger partial charge in [-0.05, 0) is 20.3 Å². The van der Waals surface area contributed by atoms with Gasteiger partial charge in [-0.2, -0.15) is 0 Å². The normalized spacial score (nSPS) is 30.1. The molecule has 0 aliphatic carbocycles. The molecule has 0 saturated carbocycles. The number of hydrogen-bond acceptors (Lipinski definition) is 5. The number of carbonyl (C=O) groups excluding carboxylic acids is 1. The number of amides is 1. The predicted molar refractivity (Wildman–Crippen MR) is 69.0 cm³/mol. The van der Waals surface area contributed by atoms with Gasteiger partial charge in [-0.3, -0.25) is 9.69 Å². The van der Waals surface area contributed by atoms with E-state index in [1.165, 1.54) is 0 Å². The van der Waals surface area contributed by atoms with Crippen LogP contribution in [0.5, 0.6) is 0 Å². The van der Waals surface area contributed by atoms with Crippen molar-refractivity contribution in [3.63, 3.8) is 0 Å². The quantitative estimate of drug-likeness (QED) is 0.659. The Bertz CT molecular complexity index is 284. The fourth-order valence-electron chi connectivity index (χ4n) is 2.43. The maximum Gasteiger partial charge on any atom is 0.237 e. The SMILES string of the molecule is COC1CN(C(C)CC(C)(N)C(N)=O)CC1OC. The Kier molecular flexibility index (Phi) is 5.10. The second kappa shape index (κ2) is 5.97. The highest BCUT2D eigenvalue weighted by Crippen LogP contribution is 2.22. The molecule has 6 heteroatoms. The first-order chi connectivity index (χ1) is 8.31. The van der Waals surface area contributed by atoms with Gasteiger partial charge in [0.1, 0.15) is 0 Å². The van der Waals surface area contributed by atoms with Crippen LogP contribution in [-0.4, -0.2) is 61.9 Å². The minimum Gasteiger partial charge on any atom is -0.377 e. The van der Waals surface area contributed by atoms with Crippen LogP contribution in [0.4, 0.5) is 0 Å². The van der Waals surface area contributed by atoms with Gasteiger partial charge < -0.3 is 20.9 Å². The average molecular weight is 259 g/mol. The zero-order chi connectivity index (χ0) is 13.9. The van der Waals surface area contributed by atoms with Crippen molar-refractivity contribution in [3.05, 3.63) is 0 Å². The molecule has 18 heavy (non-hydrogen) atoms. The summed E-state index contributed by atoms with van der Waals surface area (Å²) < 4.78 is 10.8. The number of hydrogen-bond donors (Lipinski definition) is 2. The maximum atomic E-state index is 11.2. The van der Waals surface area contributed by atoms with Crippen molar-refractivity contribution in [2.24, 2.45) is 11.5 Å². The Morgan fingerprint density at radius 3 is 2.17 bits per heavy atom. The van der Waals surface area contributed by atoms with Gasteiger partial charge in [0.25, 0.3) is 0 Å². The van der Waals surface area contributed by atoms with Gasteiger partial charge in [0.2, 0.25) is 5.91 Å². The average Bonchev–Trinajstić information content (AvgIpc) is 2.71. The summed E-state index contributed by atoms with van der Waals surface area (Å²) >= 11 is 0. The standard InChI is InChI=1S/C12H25N3O3/c1-8(5-12(2,14)11(13)16)15-6-9(17-3)10(7-15)18-4/h8-10H,5-7,14H2,1-4H3,(H2,13,16). The monoisotopic (exact) mass is 259 g/mol. The number of nitrogens with zero attached hydrogens (tertiary/aromatic N) is 1. The highest BCUT2D eigenvalue weighted by molar-refractivity contribution is 5.83. The molecular formula is C12H25N3O3. The molecule has 1 heterocycles. The Balaban J connectivity index is 2.59. The first kappa shape index (κ1) is 15.4. The van der Waals surface area contributed by atoms with Crippen LogP contribution < -0.4 is 11.5 Å². The highest BCUT2D eigenvalue weighted by atomic mass is 16.5. The summed E-state index contributed by atoms with van der Waals surface area (Å²) in [5.41, 5.74) is 10.2. The van der Waals surface area contributed by atoms with E-state index in [9.17, 15) is 4.79 Å². The molecule has 1 fully saturated rings. The maximum absolute atomic E-state index is 11.2. The summed E-state index contributed by atoms with van der Waals surface area (Å²) in [7, 11) is 3.36. The van der Waals surface area contributed by atoms with Gasteiger partial charge in [0, 0.05) is 33.4 Å². The van der Waals surface area contributed by atoms with Gasteiger partial charge in [0.05, 0.1) is 17.7 Å². The van der Waals surface area contributed by atoms with Crippen LogP contribution in [-0.2, 0) is 14.3 Å². The molecule has 1 aliphatic rings. The third-order valence-corrected chi connectivity index (χ3v) is 3.75. The molecule has 106 valence electrons. The second-order valence-corrected chi connectivity index (χ2v) is 5.34. The zero-order valence-corrected chi connectivity index (χ0v) is 11.7. The molecule has 1 saturated heterocycles. The Morgan fingerprint density at radius 1 is 1.39 bits per heavy atom. The van der Waals surface area contributed by atoms with Crippen molar-refractivity contribution in [3.8, 4) is 0 Å². The molecule has 4 unspecified atom stereocenters. The highest BCUT2D eigenvalue weighted by Gasteiger charge is 2.38. The molecule has 0 bridgehead atoms. The van der Waals surface area contributed by atoms with Gasteiger partial charge >= 0.3 is 0 Å². The summed E-state index contributed by atoms with van der Waals surface area (Å²) in [6, 6.07) is 0.158. The number of methoxy groups -OCH3 is 2. The van der Waals surface area contributed by atoms with Gasteiger partial charge in [-0.15, -0.1) is 0 Å². The van der Waals surface area contributed by atoms with Crippen LogP contribution in [0.15, 0.2) is 0 Å². The first-order valence-corrected chi connectivity index (χ1v) is 6.20. The lowest BCUT2D eigenvalue weighted by atomic mass is 9.93. The lowest BCUT2D eigenvalue weighted by Crippen LogP contribution is -2.53. The molecule has 1 amide bonds. The van der Waals surface area contributed by atoms with E-state index >= 15 is 0 Å². The molecule has 0 aromatic rings. The lowest BCUT2D eigenvalue weighted by Gasteiger charge is -2.30. The molecule has 1 aliphatic heterocycles. The van der Waals surface area contributed by atoms with Gasteiger partial charge in [0.15, 0.2) is 0 Å². The van der Waals surface area contributed by atoms with E-state index in [1.807, 2.05) is 6.92 Å². The molecule has 0 spiro atoms. The van der Waals surface area contributed by atoms with Crippen LogP contribution in [0.2, 0.25) is 0 Å². The fraction of sp³-hybridized carbons (Fsp3) is 0.917. The summed E-state index contributed by atoms with van der Waals surface area (Å²) in [5, 5.41) is 0. The Hall–Kier alpha value is -0.690. The van der Waals surface area contributed by atoms with Crippen molar-refractivity contribution < 1.29 is 14.3 Å². The van der Waals surface area contributed by atoms with Crippen molar-refractivity contribution in [1.82, 2.24) is 4.90 Å². The van der Waals surface area contributed by atoms with E-state index in [2.05, 4.69) is 4.90 Å². The molecule has 0 aromatic carbocycles. The molecule has 0 aromatic heterocycles. The summed E-state index contributed by atoms with van der Waals surface area (Å²) in [6.45, 7) is 5.28. The number of rotatable bonds is 6. The topological polar surface area (TPSA) is 90.8 Å². The van der Waals surface area contributed by atoms with Gasteiger partial charge in [-0.25, -0.2) is 0 Å². The third-order valence-electron chi connectivity index (χ3n) is 3.75. The van der Waals surface area contributed by atoms with Crippen LogP contribution in [0, 0.1) is 0 Å².